The largest absolute Gasteiger partial charge is 0.466 e. The van der Waals surface area contributed by atoms with Gasteiger partial charge in [0.25, 0.3) is 0 Å². The van der Waals surface area contributed by atoms with Crippen LogP contribution in [0, 0.1) is 0 Å². The molecule has 0 aliphatic rings. The lowest BCUT2D eigenvalue weighted by Gasteiger charge is -2.26. The molecule has 18 heavy (non-hydrogen) atoms. The summed E-state index contributed by atoms with van der Waals surface area (Å²) in [5.74, 6) is -0.835. The molecule has 0 amide bonds. The molecular formula is C13H24O5. The summed E-state index contributed by atoms with van der Waals surface area (Å²) in [6.45, 7) is 9.58. The fourth-order valence-electron chi connectivity index (χ4n) is 1.23. The van der Waals surface area contributed by atoms with E-state index in [1.54, 1.807) is 6.92 Å². The minimum atomic E-state index is -0.570. The zero-order chi connectivity index (χ0) is 14.2. The van der Waals surface area contributed by atoms with Crippen molar-refractivity contribution in [3.05, 3.63) is 0 Å². The molecule has 0 saturated heterocycles. The van der Waals surface area contributed by atoms with E-state index in [1.807, 2.05) is 27.7 Å². The second-order valence-electron chi connectivity index (χ2n) is 4.86. The van der Waals surface area contributed by atoms with Crippen LogP contribution in [0.5, 0.6) is 0 Å². The van der Waals surface area contributed by atoms with Crippen LogP contribution in [0.4, 0.5) is 0 Å². The summed E-state index contributed by atoms with van der Waals surface area (Å²) in [5, 5.41) is 0. The van der Waals surface area contributed by atoms with Crippen molar-refractivity contribution in [3.63, 3.8) is 0 Å². The van der Waals surface area contributed by atoms with Gasteiger partial charge in [0.15, 0.2) is 0 Å². The third-order valence-electron chi connectivity index (χ3n) is 1.92. The summed E-state index contributed by atoms with van der Waals surface area (Å²) in [6, 6.07) is 0. The van der Waals surface area contributed by atoms with Crippen LogP contribution in [-0.2, 0) is 23.8 Å². The molecule has 0 fully saturated rings. The number of rotatable bonds is 7. The number of ether oxygens (including phenoxy) is 3. The van der Waals surface area contributed by atoms with Crippen molar-refractivity contribution in [1.82, 2.24) is 0 Å². The van der Waals surface area contributed by atoms with Crippen LogP contribution in [0.2, 0.25) is 0 Å². The highest BCUT2D eigenvalue weighted by atomic mass is 16.7. The first-order valence-electron chi connectivity index (χ1n) is 6.31. The predicted molar refractivity (Wildman–Crippen MR) is 66.9 cm³/mol. The lowest BCUT2D eigenvalue weighted by atomic mass is 10.2. The third kappa shape index (κ3) is 8.98. The van der Waals surface area contributed by atoms with Crippen molar-refractivity contribution >= 4 is 11.9 Å². The van der Waals surface area contributed by atoms with Crippen molar-refractivity contribution < 1.29 is 23.8 Å². The minimum Gasteiger partial charge on any atom is -0.466 e. The Hall–Kier alpha value is -1.10. The van der Waals surface area contributed by atoms with E-state index in [2.05, 4.69) is 0 Å². The maximum atomic E-state index is 11.5. The van der Waals surface area contributed by atoms with Crippen LogP contribution in [0.15, 0.2) is 0 Å². The standard InChI is InChI=1S/C13H24O5/c1-6-12(18-13(3,4)5)17-11(15)9-8-10(14)16-7-2/h12H,6-9H2,1-5H3. The fourth-order valence-corrected chi connectivity index (χ4v) is 1.23. The molecule has 0 aromatic heterocycles. The smallest absolute Gasteiger partial charge is 0.308 e. The van der Waals surface area contributed by atoms with Gasteiger partial charge in [0.2, 0.25) is 6.29 Å². The van der Waals surface area contributed by atoms with Gasteiger partial charge < -0.3 is 14.2 Å². The molecule has 106 valence electrons. The lowest BCUT2D eigenvalue weighted by molar-refractivity contribution is -0.204. The molecule has 0 bridgehead atoms. The molecule has 0 saturated carbocycles. The van der Waals surface area contributed by atoms with Crippen molar-refractivity contribution in [2.24, 2.45) is 0 Å². The Kier molecular flexibility index (Phi) is 7.59. The van der Waals surface area contributed by atoms with E-state index >= 15 is 0 Å². The Labute approximate surface area is 109 Å². The Morgan fingerprint density at radius 1 is 1.06 bits per heavy atom. The third-order valence-corrected chi connectivity index (χ3v) is 1.92. The van der Waals surface area contributed by atoms with E-state index < -0.39 is 12.3 Å². The van der Waals surface area contributed by atoms with Crippen molar-refractivity contribution in [3.8, 4) is 0 Å². The molecule has 0 aliphatic heterocycles. The summed E-state index contributed by atoms with van der Waals surface area (Å²) < 4.78 is 15.4. The number of carbonyl (C=O) groups is 2. The molecule has 0 spiro atoms. The fraction of sp³-hybridized carbons (Fsp3) is 0.846. The molecule has 0 radical (unpaired) electrons. The molecule has 0 rings (SSSR count). The number of hydrogen-bond donors (Lipinski definition) is 0. The number of hydrogen-bond acceptors (Lipinski definition) is 5. The van der Waals surface area contributed by atoms with Crippen LogP contribution < -0.4 is 0 Å². The first kappa shape index (κ1) is 16.9. The van der Waals surface area contributed by atoms with Gasteiger partial charge in [0.05, 0.1) is 25.0 Å². The monoisotopic (exact) mass is 260 g/mol. The van der Waals surface area contributed by atoms with Crippen LogP contribution in [0.3, 0.4) is 0 Å². The Bertz CT molecular complexity index is 267. The van der Waals surface area contributed by atoms with Gasteiger partial charge in [0.1, 0.15) is 0 Å². The minimum absolute atomic E-state index is 0.0167. The second kappa shape index (κ2) is 8.08. The maximum absolute atomic E-state index is 11.5. The Balaban J connectivity index is 4.01. The average Bonchev–Trinajstić information content (AvgIpc) is 2.24. The van der Waals surface area contributed by atoms with Gasteiger partial charge in [0, 0.05) is 6.42 Å². The Morgan fingerprint density at radius 2 is 1.61 bits per heavy atom. The van der Waals surface area contributed by atoms with Gasteiger partial charge in [-0.1, -0.05) is 6.92 Å². The highest BCUT2D eigenvalue weighted by Gasteiger charge is 2.21. The van der Waals surface area contributed by atoms with E-state index in [9.17, 15) is 9.59 Å². The molecule has 0 aromatic carbocycles. The van der Waals surface area contributed by atoms with E-state index in [4.69, 9.17) is 14.2 Å². The molecule has 0 N–H and O–H groups in total. The summed E-state index contributed by atoms with van der Waals surface area (Å²) in [4.78, 5) is 22.6. The highest BCUT2D eigenvalue weighted by Crippen LogP contribution is 2.14. The lowest BCUT2D eigenvalue weighted by Crippen LogP contribution is -2.30. The van der Waals surface area contributed by atoms with Crippen molar-refractivity contribution in [2.45, 2.75) is 65.8 Å². The van der Waals surface area contributed by atoms with Crippen molar-refractivity contribution in [1.29, 1.82) is 0 Å². The van der Waals surface area contributed by atoms with Crippen LogP contribution in [0.25, 0.3) is 0 Å². The zero-order valence-corrected chi connectivity index (χ0v) is 11.9. The van der Waals surface area contributed by atoms with E-state index in [-0.39, 0.29) is 24.4 Å². The molecule has 5 heteroatoms. The van der Waals surface area contributed by atoms with Gasteiger partial charge in [-0.05, 0) is 27.7 Å². The second-order valence-corrected chi connectivity index (χ2v) is 4.86. The summed E-state index contributed by atoms with van der Waals surface area (Å²) >= 11 is 0. The first-order valence-corrected chi connectivity index (χ1v) is 6.31. The van der Waals surface area contributed by atoms with Gasteiger partial charge in [-0.25, -0.2) is 0 Å². The quantitative estimate of drug-likeness (QED) is 0.519. The summed E-state index contributed by atoms with van der Waals surface area (Å²) in [5.41, 5.74) is -0.373. The zero-order valence-electron chi connectivity index (χ0n) is 11.9. The number of esters is 2. The van der Waals surface area contributed by atoms with E-state index in [0.29, 0.717) is 13.0 Å². The predicted octanol–water partition coefficient (Wildman–Crippen LogP) is 2.42. The molecular weight excluding hydrogens is 236 g/mol. The SMILES string of the molecule is CCOC(=O)CCC(=O)OC(CC)OC(C)(C)C. The molecule has 0 heterocycles. The normalized spacial score (nSPS) is 12.9. The van der Waals surface area contributed by atoms with Crippen LogP contribution in [-0.4, -0.2) is 30.4 Å². The van der Waals surface area contributed by atoms with Gasteiger partial charge >= 0.3 is 11.9 Å². The van der Waals surface area contributed by atoms with Gasteiger partial charge in [-0.15, -0.1) is 0 Å². The summed E-state index contributed by atoms with van der Waals surface area (Å²) in [6.07, 6.45) is 0.0591. The molecule has 5 nitrogen and oxygen atoms in total. The van der Waals surface area contributed by atoms with Crippen molar-refractivity contribution in [2.75, 3.05) is 6.61 Å². The van der Waals surface area contributed by atoms with E-state index in [0.717, 1.165) is 0 Å². The molecule has 1 unspecified atom stereocenters. The Morgan fingerprint density at radius 3 is 2.06 bits per heavy atom. The topological polar surface area (TPSA) is 61.8 Å². The van der Waals surface area contributed by atoms with Gasteiger partial charge in [-0.3, -0.25) is 9.59 Å². The summed E-state index contributed by atoms with van der Waals surface area (Å²) in [7, 11) is 0. The van der Waals surface area contributed by atoms with Crippen LogP contribution in [0.1, 0.15) is 53.9 Å². The van der Waals surface area contributed by atoms with E-state index in [1.165, 1.54) is 0 Å². The molecule has 1 atom stereocenters. The number of carbonyl (C=O) groups excluding carboxylic acids is 2. The average molecular weight is 260 g/mol. The van der Waals surface area contributed by atoms with Crippen LogP contribution >= 0.6 is 0 Å². The highest BCUT2D eigenvalue weighted by molar-refractivity contribution is 5.77. The maximum Gasteiger partial charge on any atom is 0.308 e. The molecule has 0 aromatic rings. The molecule has 0 aliphatic carbocycles. The first-order chi connectivity index (χ1) is 8.28. The van der Waals surface area contributed by atoms with Gasteiger partial charge in [-0.2, -0.15) is 0 Å².